The monoisotopic (exact) mass is 235 g/mol. The maximum atomic E-state index is 6.36. The molecule has 0 amide bonds. The summed E-state index contributed by atoms with van der Waals surface area (Å²) in [4.78, 5) is 0. The Labute approximate surface area is 93.6 Å². The highest BCUT2D eigenvalue weighted by atomic mass is 35.6. The van der Waals surface area contributed by atoms with E-state index in [1.165, 1.54) is 10.7 Å². The molecule has 0 bridgehead atoms. The zero-order valence-electron chi connectivity index (χ0n) is 8.95. The SMILES string of the molecule is CCC([B]CCCl)=C(C)[Si](C)(C)Cl. The molecule has 0 rings (SSSR count). The van der Waals surface area contributed by atoms with Crippen LogP contribution < -0.4 is 0 Å². The van der Waals surface area contributed by atoms with E-state index in [1.54, 1.807) is 0 Å². The van der Waals surface area contributed by atoms with Crippen LogP contribution in [-0.2, 0) is 0 Å². The van der Waals surface area contributed by atoms with Gasteiger partial charge in [-0.1, -0.05) is 31.5 Å². The van der Waals surface area contributed by atoms with Crippen molar-refractivity contribution in [3.63, 3.8) is 0 Å². The fourth-order valence-corrected chi connectivity index (χ4v) is 2.69. The second-order valence-corrected chi connectivity index (χ2v) is 10.6. The van der Waals surface area contributed by atoms with Crippen molar-refractivity contribution in [2.45, 2.75) is 39.7 Å². The van der Waals surface area contributed by atoms with E-state index in [0.29, 0.717) is 5.88 Å². The summed E-state index contributed by atoms with van der Waals surface area (Å²) in [5, 5.41) is 1.39. The predicted octanol–water partition coefficient (Wildman–Crippen LogP) is 4.01. The van der Waals surface area contributed by atoms with Crippen molar-refractivity contribution >= 4 is 37.3 Å². The van der Waals surface area contributed by atoms with Crippen LogP contribution in [0.15, 0.2) is 10.7 Å². The highest BCUT2D eigenvalue weighted by Crippen LogP contribution is 2.23. The third-order valence-corrected chi connectivity index (χ3v) is 5.43. The summed E-state index contributed by atoms with van der Waals surface area (Å²) in [6.45, 7) is 8.64. The smallest absolute Gasteiger partial charge is 0.162 e. The van der Waals surface area contributed by atoms with Crippen molar-refractivity contribution in [3.8, 4) is 0 Å². The fraction of sp³-hybridized carbons (Fsp3) is 0.778. The van der Waals surface area contributed by atoms with E-state index < -0.39 is 7.38 Å². The van der Waals surface area contributed by atoms with E-state index in [4.69, 9.17) is 22.7 Å². The average Bonchev–Trinajstić information content (AvgIpc) is 2.04. The molecule has 0 fully saturated rings. The summed E-state index contributed by atoms with van der Waals surface area (Å²) >= 11 is 12.0. The number of alkyl halides is 1. The first-order valence-corrected chi connectivity index (χ1v) is 9.26. The van der Waals surface area contributed by atoms with Crippen molar-refractivity contribution in [2.75, 3.05) is 5.88 Å². The van der Waals surface area contributed by atoms with E-state index in [2.05, 4.69) is 34.2 Å². The van der Waals surface area contributed by atoms with Gasteiger partial charge in [-0.05, 0) is 13.3 Å². The van der Waals surface area contributed by atoms with Crippen LogP contribution in [0.2, 0.25) is 19.4 Å². The molecule has 0 aliphatic rings. The molecule has 0 unspecified atom stereocenters. The topological polar surface area (TPSA) is 0 Å². The highest BCUT2D eigenvalue weighted by molar-refractivity contribution is 7.23. The van der Waals surface area contributed by atoms with Crippen molar-refractivity contribution in [1.82, 2.24) is 0 Å². The van der Waals surface area contributed by atoms with Gasteiger partial charge in [-0.3, -0.25) is 0 Å². The van der Waals surface area contributed by atoms with Gasteiger partial charge in [-0.25, -0.2) is 0 Å². The van der Waals surface area contributed by atoms with E-state index >= 15 is 0 Å². The van der Waals surface area contributed by atoms with Gasteiger partial charge in [0, 0.05) is 5.88 Å². The number of allylic oxidation sites excluding steroid dienone is 2. The lowest BCUT2D eigenvalue weighted by atomic mass is 9.66. The molecule has 0 aliphatic carbocycles. The third kappa shape index (κ3) is 5.14. The van der Waals surface area contributed by atoms with Crippen molar-refractivity contribution < 1.29 is 0 Å². The lowest BCUT2D eigenvalue weighted by Crippen LogP contribution is -2.22. The van der Waals surface area contributed by atoms with Crippen LogP contribution in [0.4, 0.5) is 0 Å². The molecule has 0 atom stereocenters. The first kappa shape index (κ1) is 13.6. The average molecular weight is 236 g/mol. The van der Waals surface area contributed by atoms with Gasteiger partial charge >= 0.3 is 0 Å². The zero-order chi connectivity index (χ0) is 10.5. The van der Waals surface area contributed by atoms with Crippen LogP contribution in [-0.4, -0.2) is 20.5 Å². The summed E-state index contributed by atoms with van der Waals surface area (Å²) in [6.07, 6.45) is 2.01. The Morgan fingerprint density at radius 2 is 1.92 bits per heavy atom. The molecule has 0 N–H and O–H groups in total. The van der Waals surface area contributed by atoms with Gasteiger partial charge in [0.25, 0.3) is 0 Å². The van der Waals surface area contributed by atoms with E-state index in [1.807, 2.05) is 0 Å². The maximum absolute atomic E-state index is 6.36. The summed E-state index contributed by atoms with van der Waals surface area (Å²) < 4.78 is 0. The Kier molecular flexibility index (Phi) is 6.44. The van der Waals surface area contributed by atoms with Gasteiger partial charge in [0.2, 0.25) is 0 Å². The molecule has 0 aromatic rings. The Bertz CT molecular complexity index is 185. The lowest BCUT2D eigenvalue weighted by Gasteiger charge is -2.19. The molecular formula is C9H18BCl2Si. The fourth-order valence-electron chi connectivity index (χ4n) is 1.17. The quantitative estimate of drug-likeness (QED) is 0.384. The Morgan fingerprint density at radius 1 is 1.38 bits per heavy atom. The standard InChI is InChI=1S/C9H18BCl2Si/c1-5-9(10-6-7-11)8(2)13(3,4)12/h5-7H2,1-4H3. The van der Waals surface area contributed by atoms with Gasteiger partial charge < -0.3 is 0 Å². The van der Waals surface area contributed by atoms with Gasteiger partial charge in [0.1, 0.15) is 7.28 Å². The molecule has 0 aromatic heterocycles. The second kappa shape index (κ2) is 6.15. The van der Waals surface area contributed by atoms with Crippen LogP contribution >= 0.6 is 22.7 Å². The highest BCUT2D eigenvalue weighted by Gasteiger charge is 2.21. The predicted molar refractivity (Wildman–Crippen MR) is 67.6 cm³/mol. The molecule has 0 saturated carbocycles. The van der Waals surface area contributed by atoms with Gasteiger partial charge in [0.15, 0.2) is 7.38 Å². The molecule has 0 aliphatic heterocycles. The molecule has 75 valence electrons. The van der Waals surface area contributed by atoms with Crippen molar-refractivity contribution in [1.29, 1.82) is 0 Å². The minimum atomic E-state index is -1.62. The van der Waals surface area contributed by atoms with Crippen LogP contribution in [0.1, 0.15) is 20.3 Å². The Balaban J connectivity index is 4.49. The molecule has 0 nitrogen and oxygen atoms in total. The molecule has 1 radical (unpaired) electrons. The summed E-state index contributed by atoms with van der Waals surface area (Å²) in [7, 11) is 0.605. The molecule has 4 heteroatoms. The third-order valence-electron chi connectivity index (χ3n) is 2.25. The number of hydrogen-bond donors (Lipinski definition) is 0. The summed E-state index contributed by atoms with van der Waals surface area (Å²) in [5.74, 6) is 0.695. The zero-order valence-corrected chi connectivity index (χ0v) is 11.5. The van der Waals surface area contributed by atoms with Crippen LogP contribution in [0.3, 0.4) is 0 Å². The summed E-state index contributed by atoms with van der Waals surface area (Å²) in [5.41, 5.74) is 1.40. The Morgan fingerprint density at radius 3 is 2.23 bits per heavy atom. The van der Waals surface area contributed by atoms with Crippen molar-refractivity contribution in [3.05, 3.63) is 10.7 Å². The molecule has 13 heavy (non-hydrogen) atoms. The molecule has 0 aromatic carbocycles. The number of halogens is 2. The van der Waals surface area contributed by atoms with Crippen molar-refractivity contribution in [2.24, 2.45) is 0 Å². The van der Waals surface area contributed by atoms with E-state index in [0.717, 1.165) is 12.7 Å². The van der Waals surface area contributed by atoms with Crippen LogP contribution in [0.25, 0.3) is 0 Å². The molecule has 0 spiro atoms. The second-order valence-electron chi connectivity index (χ2n) is 3.66. The lowest BCUT2D eigenvalue weighted by molar-refractivity contribution is 1.16. The van der Waals surface area contributed by atoms with Gasteiger partial charge in [0.05, 0.1) is 0 Å². The molecule has 0 saturated heterocycles. The van der Waals surface area contributed by atoms with Gasteiger partial charge in [-0.2, -0.15) is 11.1 Å². The Hall–Kier alpha value is 0.602. The van der Waals surface area contributed by atoms with E-state index in [-0.39, 0.29) is 0 Å². The van der Waals surface area contributed by atoms with Crippen LogP contribution in [0, 0.1) is 0 Å². The first-order chi connectivity index (χ1) is 5.93. The molecular weight excluding hydrogens is 218 g/mol. The molecule has 0 heterocycles. The maximum Gasteiger partial charge on any atom is 0.175 e. The summed E-state index contributed by atoms with van der Waals surface area (Å²) in [6, 6.07) is 0. The van der Waals surface area contributed by atoms with Crippen LogP contribution in [0.5, 0.6) is 0 Å². The first-order valence-electron chi connectivity index (χ1n) is 4.71. The normalized spacial score (nSPS) is 14.0. The number of hydrogen-bond acceptors (Lipinski definition) is 0. The van der Waals surface area contributed by atoms with Gasteiger partial charge in [-0.15, -0.1) is 17.1 Å². The number of rotatable bonds is 5. The van der Waals surface area contributed by atoms with E-state index in [9.17, 15) is 0 Å². The minimum Gasteiger partial charge on any atom is -0.162 e. The largest absolute Gasteiger partial charge is 0.175 e. The minimum absolute atomic E-state index is 0.695.